The van der Waals surface area contributed by atoms with Crippen LogP contribution in [0.5, 0.6) is 0 Å². The quantitative estimate of drug-likeness (QED) is 0.564. The Morgan fingerprint density at radius 1 is 1.14 bits per heavy atom. The van der Waals surface area contributed by atoms with E-state index in [0.717, 1.165) is 35.1 Å². The van der Waals surface area contributed by atoms with Gasteiger partial charge in [0.2, 0.25) is 5.82 Å². The minimum absolute atomic E-state index is 0.214. The maximum atomic E-state index is 5.59. The van der Waals surface area contributed by atoms with Gasteiger partial charge in [0.25, 0.3) is 5.89 Å². The molecule has 1 aliphatic carbocycles. The molecule has 142 valence electrons. The number of pyridine rings is 1. The first-order valence-corrected chi connectivity index (χ1v) is 9.36. The lowest BCUT2D eigenvalue weighted by molar-refractivity contribution is 0.432. The van der Waals surface area contributed by atoms with Gasteiger partial charge in [0.15, 0.2) is 5.65 Å². The highest BCUT2D eigenvalue weighted by Gasteiger charge is 2.28. The van der Waals surface area contributed by atoms with Gasteiger partial charge in [-0.25, -0.2) is 19.6 Å². The summed E-state index contributed by atoms with van der Waals surface area (Å²) >= 11 is 0. The fraction of sp³-hybridized carbons (Fsp3) is 0.368. The molecule has 0 aliphatic heterocycles. The summed E-state index contributed by atoms with van der Waals surface area (Å²) in [7, 11) is 1.79. The number of nitrogens with one attached hydrogen (secondary N) is 1. The Labute approximate surface area is 161 Å². The van der Waals surface area contributed by atoms with Crippen molar-refractivity contribution in [3.8, 4) is 23.0 Å². The van der Waals surface area contributed by atoms with Crippen molar-refractivity contribution >= 4 is 16.9 Å². The second-order valence-corrected chi connectivity index (χ2v) is 7.25. The van der Waals surface area contributed by atoms with Gasteiger partial charge in [-0.15, -0.1) is 0 Å². The van der Waals surface area contributed by atoms with Gasteiger partial charge in [0, 0.05) is 24.7 Å². The van der Waals surface area contributed by atoms with Crippen LogP contribution in [-0.4, -0.2) is 41.9 Å². The van der Waals surface area contributed by atoms with E-state index < -0.39 is 0 Å². The third kappa shape index (κ3) is 2.79. The monoisotopic (exact) mass is 376 g/mol. The summed E-state index contributed by atoms with van der Waals surface area (Å²) < 4.78 is 7.52. The molecule has 5 rings (SSSR count). The third-order valence-corrected chi connectivity index (χ3v) is 4.86. The number of hydrogen-bond donors (Lipinski definition) is 1. The molecule has 0 atom stereocenters. The van der Waals surface area contributed by atoms with Crippen molar-refractivity contribution in [2.75, 3.05) is 12.4 Å². The second kappa shape index (κ2) is 6.36. The molecule has 1 saturated carbocycles. The Bertz CT molecular complexity index is 1140. The van der Waals surface area contributed by atoms with Crippen LogP contribution >= 0.6 is 0 Å². The van der Waals surface area contributed by atoms with Crippen molar-refractivity contribution in [2.24, 2.45) is 0 Å². The van der Waals surface area contributed by atoms with E-state index >= 15 is 0 Å². The Balaban J connectivity index is 1.61. The van der Waals surface area contributed by atoms with Gasteiger partial charge < -0.3 is 9.84 Å². The molecule has 4 aromatic heterocycles. The highest BCUT2D eigenvalue weighted by molar-refractivity contribution is 5.90. The molecule has 1 aliphatic rings. The van der Waals surface area contributed by atoms with Crippen molar-refractivity contribution in [3.63, 3.8) is 0 Å². The Morgan fingerprint density at radius 3 is 2.68 bits per heavy atom. The average molecular weight is 376 g/mol. The topological polar surface area (TPSA) is 107 Å². The van der Waals surface area contributed by atoms with Gasteiger partial charge in [0.05, 0.1) is 29.5 Å². The van der Waals surface area contributed by atoms with Crippen LogP contribution in [0, 0.1) is 0 Å². The first-order chi connectivity index (χ1) is 13.6. The zero-order chi connectivity index (χ0) is 19.3. The fourth-order valence-electron chi connectivity index (χ4n) is 3.19. The molecule has 0 amide bonds. The molecule has 0 bridgehead atoms. The minimum atomic E-state index is 0.214. The number of rotatable bonds is 5. The van der Waals surface area contributed by atoms with E-state index in [1.807, 2.05) is 10.9 Å². The molecule has 4 heterocycles. The number of hydrogen-bond acceptors (Lipinski definition) is 8. The molecule has 1 N–H and O–H groups in total. The summed E-state index contributed by atoms with van der Waals surface area (Å²) in [6.45, 7) is 4.19. The highest BCUT2D eigenvalue weighted by atomic mass is 16.5. The standard InChI is InChI=1S/C19H20N8O/c1-10(2)27-18-13(7-23-27)12(6-14(24-18)11-4-5-11)19-25-17(26-28-19)15-8-22-16(20-3)9-21-15/h6-11H,4-5H2,1-3H3,(H,20,22). The predicted molar refractivity (Wildman–Crippen MR) is 104 cm³/mol. The minimum Gasteiger partial charge on any atom is -0.372 e. The molecule has 0 saturated heterocycles. The lowest BCUT2D eigenvalue weighted by Crippen LogP contribution is -2.04. The van der Waals surface area contributed by atoms with E-state index in [1.165, 1.54) is 0 Å². The van der Waals surface area contributed by atoms with E-state index in [9.17, 15) is 0 Å². The van der Waals surface area contributed by atoms with Crippen LogP contribution in [0.2, 0.25) is 0 Å². The van der Waals surface area contributed by atoms with E-state index in [-0.39, 0.29) is 6.04 Å². The van der Waals surface area contributed by atoms with Gasteiger partial charge in [-0.05, 0) is 32.8 Å². The summed E-state index contributed by atoms with van der Waals surface area (Å²) in [5.41, 5.74) is 3.33. The van der Waals surface area contributed by atoms with Crippen LogP contribution < -0.4 is 5.32 Å². The lowest BCUT2D eigenvalue weighted by Gasteiger charge is -2.08. The maximum Gasteiger partial charge on any atom is 0.259 e. The summed E-state index contributed by atoms with van der Waals surface area (Å²) in [6, 6.07) is 2.27. The lowest BCUT2D eigenvalue weighted by atomic mass is 10.1. The van der Waals surface area contributed by atoms with Gasteiger partial charge >= 0.3 is 0 Å². The van der Waals surface area contributed by atoms with Crippen molar-refractivity contribution < 1.29 is 4.52 Å². The smallest absolute Gasteiger partial charge is 0.259 e. The van der Waals surface area contributed by atoms with Crippen molar-refractivity contribution in [2.45, 2.75) is 38.6 Å². The Hall–Kier alpha value is -3.36. The van der Waals surface area contributed by atoms with Gasteiger partial charge in [-0.2, -0.15) is 10.1 Å². The van der Waals surface area contributed by atoms with Crippen LogP contribution in [0.15, 0.2) is 29.2 Å². The summed E-state index contributed by atoms with van der Waals surface area (Å²) in [5, 5.41) is 12.5. The Morgan fingerprint density at radius 2 is 2.00 bits per heavy atom. The van der Waals surface area contributed by atoms with Crippen LogP contribution in [0.3, 0.4) is 0 Å². The SMILES string of the molecule is CNc1cnc(-c2noc(-c3cc(C4CC4)nc4c3cnn4C(C)C)n2)cn1. The average Bonchev–Trinajstić information content (AvgIpc) is 3.28. The summed E-state index contributed by atoms with van der Waals surface area (Å²) in [4.78, 5) is 18.0. The van der Waals surface area contributed by atoms with Crippen LogP contribution in [0.25, 0.3) is 34.0 Å². The van der Waals surface area contributed by atoms with Crippen LogP contribution in [0.1, 0.15) is 44.3 Å². The predicted octanol–water partition coefficient (Wildman–Crippen LogP) is 3.44. The van der Waals surface area contributed by atoms with Crippen LogP contribution in [0.4, 0.5) is 5.82 Å². The first-order valence-electron chi connectivity index (χ1n) is 9.36. The molecule has 4 aromatic rings. The summed E-state index contributed by atoms with van der Waals surface area (Å²) in [5.74, 6) is 2.02. The molecular formula is C19H20N8O. The van der Waals surface area contributed by atoms with E-state index in [0.29, 0.717) is 29.1 Å². The zero-order valence-corrected chi connectivity index (χ0v) is 15.9. The molecule has 9 heteroatoms. The molecule has 0 spiro atoms. The molecule has 9 nitrogen and oxygen atoms in total. The third-order valence-electron chi connectivity index (χ3n) is 4.86. The highest BCUT2D eigenvalue weighted by Crippen LogP contribution is 2.42. The van der Waals surface area contributed by atoms with Crippen molar-refractivity contribution in [3.05, 3.63) is 30.4 Å². The molecule has 1 fully saturated rings. The molecule has 0 unspecified atom stereocenters. The number of fused-ring (bicyclic) bond motifs is 1. The fourth-order valence-corrected chi connectivity index (χ4v) is 3.19. The molecule has 0 radical (unpaired) electrons. The van der Waals surface area contributed by atoms with Gasteiger partial charge in [0.1, 0.15) is 11.5 Å². The van der Waals surface area contributed by atoms with Gasteiger partial charge in [-0.3, -0.25) is 0 Å². The van der Waals surface area contributed by atoms with E-state index in [1.54, 1.807) is 19.4 Å². The largest absolute Gasteiger partial charge is 0.372 e. The summed E-state index contributed by atoms with van der Waals surface area (Å²) in [6.07, 6.45) is 7.40. The van der Waals surface area contributed by atoms with E-state index in [2.05, 4.69) is 50.4 Å². The van der Waals surface area contributed by atoms with Crippen LogP contribution in [-0.2, 0) is 0 Å². The first kappa shape index (κ1) is 16.8. The van der Waals surface area contributed by atoms with Gasteiger partial charge in [-0.1, -0.05) is 5.16 Å². The molecule has 28 heavy (non-hydrogen) atoms. The number of nitrogens with zero attached hydrogens (tertiary/aromatic N) is 7. The Kier molecular flexibility index (Phi) is 3.81. The number of anilines is 1. The zero-order valence-electron chi connectivity index (χ0n) is 15.9. The molecular weight excluding hydrogens is 356 g/mol. The molecule has 0 aromatic carbocycles. The van der Waals surface area contributed by atoms with E-state index in [4.69, 9.17) is 9.51 Å². The maximum absolute atomic E-state index is 5.59. The van der Waals surface area contributed by atoms with Crippen molar-refractivity contribution in [1.82, 2.24) is 34.9 Å². The van der Waals surface area contributed by atoms with Crippen molar-refractivity contribution in [1.29, 1.82) is 0 Å². The normalized spacial score (nSPS) is 14.1. The number of aromatic nitrogens is 7. The second-order valence-electron chi connectivity index (χ2n) is 7.25.